The van der Waals surface area contributed by atoms with E-state index in [0.29, 0.717) is 0 Å². The van der Waals surface area contributed by atoms with E-state index in [1.165, 1.54) is 13.8 Å². The second-order valence-corrected chi connectivity index (χ2v) is 7.23. The van der Waals surface area contributed by atoms with Crippen molar-refractivity contribution in [2.24, 2.45) is 5.73 Å². The van der Waals surface area contributed by atoms with Crippen molar-refractivity contribution >= 4 is 34.6 Å². The van der Waals surface area contributed by atoms with Gasteiger partial charge in [0.2, 0.25) is 17.7 Å². The molecular formula is C20H27N5O6. The normalized spacial score (nSPS) is 14.8. The van der Waals surface area contributed by atoms with Crippen molar-refractivity contribution in [3.8, 4) is 0 Å². The summed E-state index contributed by atoms with van der Waals surface area (Å²) >= 11 is 0. The van der Waals surface area contributed by atoms with E-state index in [0.717, 1.165) is 16.5 Å². The quantitative estimate of drug-likeness (QED) is 0.240. The largest absolute Gasteiger partial charge is 0.480 e. The molecule has 0 aliphatic rings. The number of nitrogens with one attached hydrogen (secondary N) is 4. The maximum atomic E-state index is 12.6. The summed E-state index contributed by atoms with van der Waals surface area (Å²) in [6.45, 7) is 2.15. The lowest BCUT2D eigenvalue weighted by molar-refractivity contribution is -0.138. The Balaban J connectivity index is 2.14. The van der Waals surface area contributed by atoms with Crippen LogP contribution in [0, 0.1) is 0 Å². The molecule has 1 heterocycles. The summed E-state index contributed by atoms with van der Waals surface area (Å²) in [7, 11) is 0. The van der Waals surface area contributed by atoms with Gasteiger partial charge in [0.15, 0.2) is 0 Å². The zero-order chi connectivity index (χ0) is 23.1. The average molecular weight is 433 g/mol. The topological polar surface area (TPSA) is 187 Å². The molecule has 3 amide bonds. The van der Waals surface area contributed by atoms with Crippen molar-refractivity contribution in [3.63, 3.8) is 0 Å². The monoisotopic (exact) mass is 433 g/mol. The molecule has 0 bridgehead atoms. The molecule has 31 heavy (non-hydrogen) atoms. The summed E-state index contributed by atoms with van der Waals surface area (Å²) < 4.78 is 0. The number of nitrogens with two attached hydrogens (primary N) is 1. The molecule has 4 atom stereocenters. The van der Waals surface area contributed by atoms with Gasteiger partial charge in [-0.25, -0.2) is 0 Å². The molecule has 168 valence electrons. The van der Waals surface area contributed by atoms with E-state index in [1.54, 1.807) is 6.20 Å². The Bertz CT molecular complexity index is 956. The van der Waals surface area contributed by atoms with Crippen LogP contribution in [0.1, 0.15) is 19.4 Å². The number of aliphatic hydroxyl groups is 1. The molecule has 0 saturated carbocycles. The molecule has 0 radical (unpaired) electrons. The van der Waals surface area contributed by atoms with Gasteiger partial charge in [-0.15, -0.1) is 0 Å². The van der Waals surface area contributed by atoms with Gasteiger partial charge >= 0.3 is 5.97 Å². The molecule has 0 aliphatic carbocycles. The summed E-state index contributed by atoms with van der Waals surface area (Å²) in [5.74, 6) is -3.29. The number of benzene rings is 1. The molecule has 0 saturated heterocycles. The highest BCUT2D eigenvalue weighted by atomic mass is 16.4. The third-order valence-electron chi connectivity index (χ3n) is 4.72. The van der Waals surface area contributed by atoms with Crippen molar-refractivity contribution in [2.45, 2.75) is 44.5 Å². The summed E-state index contributed by atoms with van der Waals surface area (Å²) in [6, 6.07) is 4.06. The second-order valence-electron chi connectivity index (χ2n) is 7.23. The summed E-state index contributed by atoms with van der Waals surface area (Å²) in [5.41, 5.74) is 7.15. The van der Waals surface area contributed by atoms with Gasteiger partial charge < -0.3 is 36.9 Å². The summed E-state index contributed by atoms with van der Waals surface area (Å²) in [6.07, 6.45) is 0.697. The van der Waals surface area contributed by atoms with Gasteiger partial charge in [-0.05, 0) is 25.5 Å². The Morgan fingerprint density at radius 1 is 1.06 bits per heavy atom. The first-order valence-electron chi connectivity index (χ1n) is 9.69. The van der Waals surface area contributed by atoms with Crippen LogP contribution in [0.5, 0.6) is 0 Å². The smallest absolute Gasteiger partial charge is 0.322 e. The van der Waals surface area contributed by atoms with Gasteiger partial charge in [0.1, 0.15) is 24.7 Å². The number of carboxylic acid groups (broad SMARTS) is 1. The minimum absolute atomic E-state index is 0.0923. The fourth-order valence-corrected chi connectivity index (χ4v) is 2.91. The van der Waals surface area contributed by atoms with Gasteiger partial charge in [-0.2, -0.15) is 0 Å². The van der Waals surface area contributed by atoms with Gasteiger partial charge in [-0.1, -0.05) is 18.2 Å². The van der Waals surface area contributed by atoms with E-state index in [-0.39, 0.29) is 6.42 Å². The highest BCUT2D eigenvalue weighted by Crippen LogP contribution is 2.19. The highest BCUT2D eigenvalue weighted by Gasteiger charge is 2.27. The lowest BCUT2D eigenvalue weighted by Crippen LogP contribution is -2.56. The molecule has 11 nitrogen and oxygen atoms in total. The highest BCUT2D eigenvalue weighted by molar-refractivity contribution is 5.94. The van der Waals surface area contributed by atoms with Crippen LogP contribution in [-0.4, -0.2) is 69.7 Å². The fourth-order valence-electron chi connectivity index (χ4n) is 2.91. The first-order chi connectivity index (χ1) is 14.6. The predicted molar refractivity (Wildman–Crippen MR) is 112 cm³/mol. The van der Waals surface area contributed by atoms with Crippen molar-refractivity contribution < 1.29 is 29.4 Å². The lowest BCUT2D eigenvalue weighted by Gasteiger charge is -2.22. The molecule has 2 aromatic rings. The lowest BCUT2D eigenvalue weighted by atomic mass is 10.0. The number of amides is 3. The average Bonchev–Trinajstić information content (AvgIpc) is 3.13. The Morgan fingerprint density at radius 2 is 1.74 bits per heavy atom. The summed E-state index contributed by atoms with van der Waals surface area (Å²) in [4.78, 5) is 51.0. The SMILES string of the molecule is CC(NC(=O)C(N)C(C)O)C(=O)NC(Cc1c[nH]c2ccccc12)C(=O)NCC(=O)O. The van der Waals surface area contributed by atoms with Gasteiger partial charge in [0, 0.05) is 23.5 Å². The molecule has 4 unspecified atom stereocenters. The van der Waals surface area contributed by atoms with Gasteiger partial charge in [-0.3, -0.25) is 19.2 Å². The second kappa shape index (κ2) is 10.5. The maximum Gasteiger partial charge on any atom is 0.322 e. The predicted octanol–water partition coefficient (Wildman–Crippen LogP) is -1.39. The molecule has 8 N–H and O–H groups in total. The number of aromatic nitrogens is 1. The molecule has 0 spiro atoms. The number of para-hydroxylation sites is 1. The number of aromatic amines is 1. The minimum atomic E-state index is -1.22. The Morgan fingerprint density at radius 3 is 2.39 bits per heavy atom. The first kappa shape index (κ1) is 23.8. The molecule has 0 aliphatic heterocycles. The first-order valence-corrected chi connectivity index (χ1v) is 9.69. The van der Waals surface area contributed by atoms with E-state index in [4.69, 9.17) is 10.8 Å². The molecule has 0 fully saturated rings. The van der Waals surface area contributed by atoms with Crippen LogP contribution < -0.4 is 21.7 Å². The zero-order valence-electron chi connectivity index (χ0n) is 17.2. The van der Waals surface area contributed by atoms with Crippen molar-refractivity contribution in [1.82, 2.24) is 20.9 Å². The molecule has 1 aromatic carbocycles. The fraction of sp³-hybridized carbons (Fsp3) is 0.400. The Labute approximate surface area is 178 Å². The number of hydrogen-bond acceptors (Lipinski definition) is 6. The number of aliphatic hydroxyl groups excluding tert-OH is 1. The van der Waals surface area contributed by atoms with E-state index in [1.807, 2.05) is 24.3 Å². The molecular weight excluding hydrogens is 406 g/mol. The molecule has 1 aromatic heterocycles. The molecule has 2 rings (SSSR count). The number of carbonyl (C=O) groups excluding carboxylic acids is 3. The van der Waals surface area contributed by atoms with Crippen LogP contribution in [0.4, 0.5) is 0 Å². The van der Waals surface area contributed by atoms with Crippen LogP contribution in [0.25, 0.3) is 10.9 Å². The Hall–Kier alpha value is -3.44. The van der Waals surface area contributed by atoms with Crippen molar-refractivity contribution in [2.75, 3.05) is 6.54 Å². The van der Waals surface area contributed by atoms with E-state index >= 15 is 0 Å². The third-order valence-corrected chi connectivity index (χ3v) is 4.72. The number of rotatable bonds is 10. The standard InChI is InChI=1S/C20H27N5O6/c1-10(24-20(31)17(21)11(2)26)18(29)25-15(19(30)23-9-16(27)28)7-12-8-22-14-6-4-3-5-13(12)14/h3-6,8,10-11,15,17,22,26H,7,9,21H2,1-2H3,(H,23,30)(H,24,31)(H,25,29)(H,27,28). The molecule has 11 heteroatoms. The van der Waals surface area contributed by atoms with Crippen LogP contribution >= 0.6 is 0 Å². The van der Waals surface area contributed by atoms with Gasteiger partial charge in [0.05, 0.1) is 6.10 Å². The number of carbonyl (C=O) groups is 4. The van der Waals surface area contributed by atoms with Crippen LogP contribution in [0.3, 0.4) is 0 Å². The number of hydrogen-bond donors (Lipinski definition) is 7. The van der Waals surface area contributed by atoms with Crippen LogP contribution in [0.15, 0.2) is 30.5 Å². The summed E-state index contributed by atoms with van der Waals surface area (Å²) in [5, 5.41) is 26.3. The van der Waals surface area contributed by atoms with Gasteiger partial charge in [0.25, 0.3) is 0 Å². The number of aliphatic carboxylic acids is 1. The maximum absolute atomic E-state index is 12.6. The van der Waals surface area contributed by atoms with E-state index < -0.39 is 54.5 Å². The van der Waals surface area contributed by atoms with E-state index in [9.17, 15) is 24.3 Å². The van der Waals surface area contributed by atoms with Crippen LogP contribution in [0.2, 0.25) is 0 Å². The minimum Gasteiger partial charge on any atom is -0.480 e. The third kappa shape index (κ3) is 6.52. The van der Waals surface area contributed by atoms with E-state index in [2.05, 4.69) is 20.9 Å². The number of H-pyrrole nitrogens is 1. The number of fused-ring (bicyclic) bond motifs is 1. The van der Waals surface area contributed by atoms with Crippen molar-refractivity contribution in [3.05, 3.63) is 36.0 Å². The van der Waals surface area contributed by atoms with Crippen LogP contribution in [-0.2, 0) is 25.6 Å². The van der Waals surface area contributed by atoms with Crippen molar-refractivity contribution in [1.29, 1.82) is 0 Å². The number of carboxylic acids is 1. The Kier molecular flexibility index (Phi) is 8.11. The zero-order valence-corrected chi connectivity index (χ0v) is 17.2.